The third kappa shape index (κ3) is 2.88. The molecule has 1 aliphatic heterocycles. The molecule has 2 heterocycles. The average molecular weight is 365 g/mol. The minimum absolute atomic E-state index is 0.246. The maximum Gasteiger partial charge on any atom is 0.261 e. The van der Waals surface area contributed by atoms with E-state index < -0.39 is 0 Å². The Kier molecular flexibility index (Phi) is 4.26. The first kappa shape index (κ1) is 16.5. The summed E-state index contributed by atoms with van der Waals surface area (Å²) in [6.07, 6.45) is 0. The summed E-state index contributed by atoms with van der Waals surface area (Å²) in [4.78, 5) is 26.0. The number of fused-ring (bicyclic) bond motifs is 1. The van der Waals surface area contributed by atoms with Crippen LogP contribution in [0.5, 0.6) is 0 Å². The first-order valence-electron chi connectivity index (χ1n) is 8.08. The molecule has 4 rings (SSSR count). The fraction of sp³-hybridized carbons (Fsp3) is 0.167. The van der Waals surface area contributed by atoms with E-state index in [9.17, 15) is 9.59 Å². The molecule has 26 heavy (non-hydrogen) atoms. The molecule has 0 N–H and O–H groups in total. The van der Waals surface area contributed by atoms with Crippen molar-refractivity contribution in [3.8, 4) is 5.69 Å². The fourth-order valence-electron chi connectivity index (χ4n) is 2.79. The fourth-order valence-corrected chi connectivity index (χ4v) is 3.60. The van der Waals surface area contributed by atoms with Crippen LogP contribution in [-0.4, -0.2) is 49.2 Å². The summed E-state index contributed by atoms with van der Waals surface area (Å²) in [5.41, 5.74) is 2.95. The van der Waals surface area contributed by atoms with Crippen LogP contribution in [-0.2, 0) is 0 Å². The lowest BCUT2D eigenvalue weighted by Gasteiger charge is -2.13. The van der Waals surface area contributed by atoms with Gasteiger partial charge in [-0.1, -0.05) is 41.6 Å². The molecule has 0 spiro atoms. The second-order valence-electron chi connectivity index (χ2n) is 5.86. The zero-order valence-corrected chi connectivity index (χ0v) is 14.8. The molecule has 2 amide bonds. The van der Waals surface area contributed by atoms with Gasteiger partial charge in [-0.15, -0.1) is 5.10 Å². The molecule has 1 aromatic heterocycles. The van der Waals surface area contributed by atoms with Crippen LogP contribution >= 0.6 is 11.8 Å². The third-order valence-corrected chi connectivity index (χ3v) is 5.04. The van der Waals surface area contributed by atoms with Gasteiger partial charge in [0.05, 0.1) is 16.8 Å². The second kappa shape index (κ2) is 6.72. The average Bonchev–Trinajstić information content (AvgIpc) is 3.21. The number of aryl methyl sites for hydroxylation is 1. The van der Waals surface area contributed by atoms with Gasteiger partial charge in [-0.25, -0.2) is 0 Å². The highest BCUT2D eigenvalue weighted by Crippen LogP contribution is 2.24. The van der Waals surface area contributed by atoms with Gasteiger partial charge in [0.1, 0.15) is 0 Å². The lowest BCUT2D eigenvalue weighted by Crippen LogP contribution is -2.31. The van der Waals surface area contributed by atoms with Gasteiger partial charge in [0, 0.05) is 12.3 Å². The molecule has 0 saturated carbocycles. The van der Waals surface area contributed by atoms with Gasteiger partial charge in [-0.3, -0.25) is 14.5 Å². The Morgan fingerprint density at radius 1 is 0.962 bits per heavy atom. The number of imide groups is 1. The molecule has 0 saturated heterocycles. The van der Waals surface area contributed by atoms with Gasteiger partial charge in [-0.2, -0.15) is 4.68 Å². The molecule has 2 aromatic carbocycles. The van der Waals surface area contributed by atoms with Crippen molar-refractivity contribution in [2.45, 2.75) is 12.1 Å². The molecule has 0 radical (unpaired) electrons. The SMILES string of the molecule is Cc1ccc(-n2nnnc2SCCN2C(=O)c3ccccc3C2=O)cc1. The van der Waals surface area contributed by atoms with Crippen molar-refractivity contribution in [2.24, 2.45) is 0 Å². The smallest absolute Gasteiger partial charge is 0.261 e. The highest BCUT2D eigenvalue weighted by atomic mass is 32.2. The molecule has 0 bridgehead atoms. The molecule has 1 aliphatic rings. The van der Waals surface area contributed by atoms with Crippen molar-refractivity contribution in [1.29, 1.82) is 0 Å². The van der Waals surface area contributed by atoms with Crippen LogP contribution in [0.2, 0.25) is 0 Å². The number of amides is 2. The van der Waals surface area contributed by atoms with Gasteiger partial charge in [0.15, 0.2) is 0 Å². The van der Waals surface area contributed by atoms with E-state index in [-0.39, 0.29) is 11.8 Å². The van der Waals surface area contributed by atoms with Crippen molar-refractivity contribution >= 4 is 23.6 Å². The van der Waals surface area contributed by atoms with Crippen LogP contribution in [0.4, 0.5) is 0 Å². The Bertz CT molecular complexity index is 948. The highest BCUT2D eigenvalue weighted by molar-refractivity contribution is 7.99. The van der Waals surface area contributed by atoms with E-state index in [0.717, 1.165) is 11.3 Å². The van der Waals surface area contributed by atoms with Crippen molar-refractivity contribution in [3.63, 3.8) is 0 Å². The summed E-state index contributed by atoms with van der Waals surface area (Å²) >= 11 is 1.40. The lowest BCUT2D eigenvalue weighted by atomic mass is 10.1. The van der Waals surface area contributed by atoms with Gasteiger partial charge in [-0.05, 0) is 41.6 Å². The molecule has 0 unspecified atom stereocenters. The first-order chi connectivity index (χ1) is 12.6. The van der Waals surface area contributed by atoms with Gasteiger partial charge >= 0.3 is 0 Å². The van der Waals surface area contributed by atoms with Crippen LogP contribution in [0.15, 0.2) is 53.7 Å². The maximum absolute atomic E-state index is 12.4. The normalized spacial score (nSPS) is 13.3. The molecule has 130 valence electrons. The molecule has 8 heteroatoms. The largest absolute Gasteiger partial charge is 0.273 e. The molecular weight excluding hydrogens is 350 g/mol. The number of thioether (sulfide) groups is 1. The standard InChI is InChI=1S/C18H15N5O2S/c1-12-6-8-13(9-7-12)23-18(19-20-21-23)26-11-10-22-16(24)14-4-2-3-5-15(14)17(22)25/h2-9H,10-11H2,1H3. The van der Waals surface area contributed by atoms with Gasteiger partial charge in [0.2, 0.25) is 5.16 Å². The van der Waals surface area contributed by atoms with Crippen LogP contribution < -0.4 is 0 Å². The minimum atomic E-state index is -0.246. The van der Waals surface area contributed by atoms with Crippen molar-refractivity contribution in [1.82, 2.24) is 25.1 Å². The predicted molar refractivity (Wildman–Crippen MR) is 96.4 cm³/mol. The number of hydrogen-bond donors (Lipinski definition) is 0. The Labute approximate surface area is 154 Å². The topological polar surface area (TPSA) is 81.0 Å². The zero-order valence-electron chi connectivity index (χ0n) is 14.0. The molecule has 0 atom stereocenters. The number of carbonyl (C=O) groups is 2. The van der Waals surface area contributed by atoms with Crippen molar-refractivity contribution in [3.05, 3.63) is 65.2 Å². The summed E-state index contributed by atoms with van der Waals surface area (Å²) < 4.78 is 1.65. The van der Waals surface area contributed by atoms with E-state index in [2.05, 4.69) is 15.5 Å². The van der Waals surface area contributed by atoms with Crippen molar-refractivity contribution < 1.29 is 9.59 Å². The summed E-state index contributed by atoms with van der Waals surface area (Å²) in [5, 5.41) is 12.4. The Balaban J connectivity index is 1.44. The third-order valence-electron chi connectivity index (χ3n) is 4.14. The van der Waals surface area contributed by atoms with Gasteiger partial charge in [0.25, 0.3) is 11.8 Å². The summed E-state index contributed by atoms with van der Waals surface area (Å²) in [6.45, 7) is 2.32. The number of carbonyl (C=O) groups excluding carboxylic acids is 2. The van der Waals surface area contributed by atoms with E-state index in [0.29, 0.717) is 28.6 Å². The predicted octanol–water partition coefficient (Wildman–Crippen LogP) is 2.36. The summed E-state index contributed by atoms with van der Waals surface area (Å²) in [5.74, 6) is 0.0196. The molecular formula is C18H15N5O2S. The first-order valence-corrected chi connectivity index (χ1v) is 9.07. The molecule has 0 aliphatic carbocycles. The van der Waals surface area contributed by atoms with Crippen LogP contribution in [0.25, 0.3) is 5.69 Å². The summed E-state index contributed by atoms with van der Waals surface area (Å²) in [7, 11) is 0. The molecule has 0 fully saturated rings. The number of hydrogen-bond acceptors (Lipinski definition) is 6. The number of nitrogens with zero attached hydrogens (tertiary/aromatic N) is 5. The monoisotopic (exact) mass is 365 g/mol. The maximum atomic E-state index is 12.4. The summed E-state index contributed by atoms with van der Waals surface area (Å²) in [6, 6.07) is 14.8. The number of aromatic nitrogens is 4. The Hall–Kier alpha value is -3.00. The Morgan fingerprint density at radius 3 is 2.27 bits per heavy atom. The Morgan fingerprint density at radius 2 is 1.62 bits per heavy atom. The van der Waals surface area contributed by atoms with E-state index in [1.165, 1.54) is 16.7 Å². The van der Waals surface area contributed by atoms with Crippen LogP contribution in [0, 0.1) is 6.92 Å². The quantitative estimate of drug-likeness (QED) is 0.510. The second-order valence-corrected chi connectivity index (χ2v) is 6.93. The molecule has 7 nitrogen and oxygen atoms in total. The number of rotatable bonds is 5. The van der Waals surface area contributed by atoms with Crippen molar-refractivity contribution in [2.75, 3.05) is 12.3 Å². The lowest BCUT2D eigenvalue weighted by molar-refractivity contribution is 0.0664. The van der Waals surface area contributed by atoms with Crippen LogP contribution in [0.1, 0.15) is 26.3 Å². The van der Waals surface area contributed by atoms with E-state index in [1.807, 2.05) is 31.2 Å². The zero-order chi connectivity index (χ0) is 18.1. The number of benzene rings is 2. The van der Waals surface area contributed by atoms with E-state index in [4.69, 9.17) is 0 Å². The van der Waals surface area contributed by atoms with Crippen LogP contribution in [0.3, 0.4) is 0 Å². The minimum Gasteiger partial charge on any atom is -0.273 e. The highest BCUT2D eigenvalue weighted by Gasteiger charge is 2.34. The van der Waals surface area contributed by atoms with E-state index in [1.54, 1.807) is 28.9 Å². The number of tetrazole rings is 1. The molecule has 3 aromatic rings. The van der Waals surface area contributed by atoms with Gasteiger partial charge < -0.3 is 0 Å². The van der Waals surface area contributed by atoms with E-state index >= 15 is 0 Å².